The highest BCUT2D eigenvalue weighted by molar-refractivity contribution is 8.00. The van der Waals surface area contributed by atoms with E-state index in [0.717, 1.165) is 28.8 Å². The summed E-state index contributed by atoms with van der Waals surface area (Å²) in [6, 6.07) is 9.23. The topological polar surface area (TPSA) is 87.7 Å². The molecule has 0 aliphatic rings. The molecule has 130 valence electrons. The number of thiazole rings is 1. The summed E-state index contributed by atoms with van der Waals surface area (Å²) in [4.78, 5) is 35.6. The monoisotopic (exact) mass is 374 g/mol. The van der Waals surface area contributed by atoms with Gasteiger partial charge in [0.15, 0.2) is 10.3 Å². The van der Waals surface area contributed by atoms with Crippen LogP contribution in [-0.2, 0) is 11.2 Å². The second-order valence-electron chi connectivity index (χ2n) is 5.53. The molecule has 3 rings (SSSR count). The van der Waals surface area contributed by atoms with E-state index >= 15 is 0 Å². The molecule has 6 nitrogen and oxygen atoms in total. The molecule has 0 saturated heterocycles. The minimum Gasteiger partial charge on any atom is -0.301 e. The lowest BCUT2D eigenvalue weighted by molar-refractivity contribution is -0.115. The Morgan fingerprint density at radius 3 is 2.92 bits per heavy atom. The van der Waals surface area contributed by atoms with Crippen molar-refractivity contribution in [2.75, 3.05) is 5.32 Å². The van der Waals surface area contributed by atoms with E-state index in [4.69, 9.17) is 0 Å². The number of aromatic nitrogens is 3. The molecule has 0 aliphatic carbocycles. The van der Waals surface area contributed by atoms with Crippen molar-refractivity contribution in [1.82, 2.24) is 15.0 Å². The number of carbonyl (C=O) groups is 1. The zero-order valence-electron chi connectivity index (χ0n) is 13.9. The van der Waals surface area contributed by atoms with Crippen LogP contribution >= 0.6 is 23.1 Å². The smallest absolute Gasteiger partial charge is 0.251 e. The third-order valence-electron chi connectivity index (χ3n) is 3.46. The van der Waals surface area contributed by atoms with Crippen molar-refractivity contribution in [3.8, 4) is 0 Å². The van der Waals surface area contributed by atoms with Crippen LogP contribution in [0.15, 0.2) is 40.3 Å². The molecule has 0 fully saturated rings. The quantitative estimate of drug-likeness (QED) is 0.510. The average molecular weight is 374 g/mol. The van der Waals surface area contributed by atoms with Crippen molar-refractivity contribution in [3.63, 3.8) is 0 Å². The van der Waals surface area contributed by atoms with Gasteiger partial charge < -0.3 is 10.3 Å². The Labute approximate surface area is 153 Å². The number of anilines is 1. The Morgan fingerprint density at radius 2 is 2.16 bits per heavy atom. The van der Waals surface area contributed by atoms with E-state index in [1.807, 2.05) is 31.2 Å². The molecule has 3 aromatic rings. The van der Waals surface area contributed by atoms with E-state index < -0.39 is 5.25 Å². The van der Waals surface area contributed by atoms with Crippen LogP contribution in [-0.4, -0.2) is 26.1 Å². The van der Waals surface area contributed by atoms with Crippen LogP contribution in [0.5, 0.6) is 0 Å². The van der Waals surface area contributed by atoms with Gasteiger partial charge >= 0.3 is 0 Å². The van der Waals surface area contributed by atoms with Gasteiger partial charge in [-0.2, -0.15) is 0 Å². The number of carbonyl (C=O) groups excluding carboxylic acids is 1. The minimum absolute atomic E-state index is 0.174. The molecule has 1 atom stereocenters. The number of nitrogens with one attached hydrogen (secondary N) is 2. The maximum absolute atomic E-state index is 12.4. The predicted octanol–water partition coefficient (Wildman–Crippen LogP) is 3.45. The van der Waals surface area contributed by atoms with E-state index in [1.165, 1.54) is 29.2 Å². The molecule has 1 unspecified atom stereocenters. The molecule has 25 heavy (non-hydrogen) atoms. The van der Waals surface area contributed by atoms with Gasteiger partial charge in [-0.1, -0.05) is 48.6 Å². The molecular formula is C17H18N4O2S2. The highest BCUT2D eigenvalue weighted by Crippen LogP contribution is 2.26. The van der Waals surface area contributed by atoms with Crippen molar-refractivity contribution in [2.45, 2.75) is 37.1 Å². The fourth-order valence-electron chi connectivity index (χ4n) is 2.28. The first-order valence-electron chi connectivity index (χ1n) is 7.98. The number of hydrogen-bond donors (Lipinski definition) is 2. The largest absolute Gasteiger partial charge is 0.301 e. The molecule has 0 saturated carbocycles. The van der Waals surface area contributed by atoms with Gasteiger partial charge in [-0.15, -0.1) is 0 Å². The van der Waals surface area contributed by atoms with Gasteiger partial charge in [-0.3, -0.25) is 9.59 Å². The zero-order chi connectivity index (χ0) is 17.8. The van der Waals surface area contributed by atoms with Crippen LogP contribution in [0.3, 0.4) is 0 Å². The second-order valence-corrected chi connectivity index (χ2v) is 7.89. The lowest BCUT2D eigenvalue weighted by atomic mass is 10.2. The molecular weight excluding hydrogens is 356 g/mol. The minimum atomic E-state index is -0.410. The van der Waals surface area contributed by atoms with Crippen molar-refractivity contribution < 1.29 is 4.79 Å². The van der Waals surface area contributed by atoms with Gasteiger partial charge in [0.05, 0.1) is 15.5 Å². The van der Waals surface area contributed by atoms with Crippen LogP contribution in [0.4, 0.5) is 5.13 Å². The summed E-state index contributed by atoms with van der Waals surface area (Å²) < 4.78 is 1.02. The van der Waals surface area contributed by atoms with Crippen LogP contribution in [0.1, 0.15) is 26.0 Å². The van der Waals surface area contributed by atoms with Gasteiger partial charge in [-0.25, -0.2) is 9.97 Å². The van der Waals surface area contributed by atoms with Crippen molar-refractivity contribution in [1.29, 1.82) is 0 Å². The molecule has 1 aromatic carbocycles. The third-order valence-corrected chi connectivity index (χ3v) is 5.40. The van der Waals surface area contributed by atoms with Gasteiger partial charge in [0.2, 0.25) is 5.91 Å². The van der Waals surface area contributed by atoms with E-state index in [0.29, 0.717) is 10.3 Å². The molecule has 8 heteroatoms. The van der Waals surface area contributed by atoms with E-state index in [-0.39, 0.29) is 11.5 Å². The van der Waals surface area contributed by atoms with E-state index in [1.54, 1.807) is 6.92 Å². The predicted molar refractivity (Wildman–Crippen MR) is 102 cm³/mol. The van der Waals surface area contributed by atoms with Crippen LogP contribution < -0.4 is 10.9 Å². The SMILES string of the molecule is CCCc1cc(=O)[nH]c(SC(C)C(=O)Nc2nc3ccccc3s2)n1. The Morgan fingerprint density at radius 1 is 1.36 bits per heavy atom. The standard InChI is InChI=1S/C17H18N4O2S2/c1-3-6-11-9-14(22)20-16(18-11)24-10(2)15(23)21-17-19-12-7-4-5-8-13(12)25-17/h4-5,7-10H,3,6H2,1-2H3,(H,18,20,22)(H,19,21,23). The second kappa shape index (κ2) is 7.79. The third kappa shape index (κ3) is 4.46. The number of thioether (sulfide) groups is 1. The van der Waals surface area contributed by atoms with Crippen LogP contribution in [0, 0.1) is 0 Å². The number of amides is 1. The number of fused-ring (bicyclic) bond motifs is 1. The first-order valence-corrected chi connectivity index (χ1v) is 9.68. The fraction of sp³-hybridized carbons (Fsp3) is 0.294. The number of H-pyrrole nitrogens is 1. The summed E-state index contributed by atoms with van der Waals surface area (Å²) >= 11 is 2.67. The first kappa shape index (κ1) is 17.6. The summed E-state index contributed by atoms with van der Waals surface area (Å²) in [6.45, 7) is 3.81. The summed E-state index contributed by atoms with van der Waals surface area (Å²) in [5.74, 6) is -0.174. The lowest BCUT2D eigenvalue weighted by Crippen LogP contribution is -2.23. The first-order chi connectivity index (χ1) is 12.0. The molecule has 0 radical (unpaired) electrons. The summed E-state index contributed by atoms with van der Waals surface area (Å²) in [5, 5.41) is 3.45. The number of hydrogen-bond acceptors (Lipinski definition) is 6. The summed E-state index contributed by atoms with van der Waals surface area (Å²) in [6.07, 6.45) is 1.65. The number of nitrogens with zero attached hydrogens (tertiary/aromatic N) is 2. The maximum atomic E-state index is 12.4. The molecule has 2 heterocycles. The highest BCUT2D eigenvalue weighted by Gasteiger charge is 2.18. The van der Waals surface area contributed by atoms with Gasteiger partial charge in [0.25, 0.3) is 5.56 Å². The number of rotatable bonds is 6. The lowest BCUT2D eigenvalue weighted by Gasteiger charge is -2.10. The van der Waals surface area contributed by atoms with Gasteiger partial charge in [0.1, 0.15) is 0 Å². The van der Waals surface area contributed by atoms with E-state index in [2.05, 4.69) is 20.3 Å². The summed E-state index contributed by atoms with van der Waals surface area (Å²) in [7, 11) is 0. The summed E-state index contributed by atoms with van der Waals surface area (Å²) in [5.41, 5.74) is 1.41. The van der Waals surface area contributed by atoms with Gasteiger partial charge in [-0.05, 0) is 25.5 Å². The van der Waals surface area contributed by atoms with Gasteiger partial charge in [0, 0.05) is 11.8 Å². The fourth-order valence-corrected chi connectivity index (χ4v) is 3.98. The van der Waals surface area contributed by atoms with E-state index in [9.17, 15) is 9.59 Å². The average Bonchev–Trinajstić information content (AvgIpc) is 2.96. The van der Waals surface area contributed by atoms with Crippen molar-refractivity contribution in [3.05, 3.63) is 46.4 Å². The molecule has 1 amide bonds. The molecule has 0 bridgehead atoms. The normalized spacial score (nSPS) is 12.2. The Balaban J connectivity index is 1.69. The number of para-hydroxylation sites is 1. The van der Waals surface area contributed by atoms with Crippen LogP contribution in [0.25, 0.3) is 10.2 Å². The number of benzene rings is 1. The zero-order valence-corrected chi connectivity index (χ0v) is 15.5. The van der Waals surface area contributed by atoms with Crippen molar-refractivity contribution >= 4 is 44.4 Å². The molecule has 2 aromatic heterocycles. The molecule has 0 aliphatic heterocycles. The number of aromatic amines is 1. The number of aryl methyl sites for hydroxylation is 1. The van der Waals surface area contributed by atoms with Crippen LogP contribution in [0.2, 0.25) is 0 Å². The molecule has 2 N–H and O–H groups in total. The Hall–Kier alpha value is -2.19. The Bertz CT molecular complexity index is 918. The maximum Gasteiger partial charge on any atom is 0.251 e. The molecule has 0 spiro atoms. The highest BCUT2D eigenvalue weighted by atomic mass is 32.2. The Kier molecular flexibility index (Phi) is 5.50. The van der Waals surface area contributed by atoms with Crippen molar-refractivity contribution in [2.24, 2.45) is 0 Å².